The molecular weight excluding hydrogens is 394 g/mol. The van der Waals surface area contributed by atoms with Crippen molar-refractivity contribution in [2.24, 2.45) is 0 Å². The topological polar surface area (TPSA) is 128 Å². The van der Waals surface area contributed by atoms with E-state index in [1.807, 2.05) is 18.2 Å². The van der Waals surface area contributed by atoms with Gasteiger partial charge in [0, 0.05) is 33.8 Å². The van der Waals surface area contributed by atoms with Crippen LogP contribution in [-0.2, 0) is 0 Å². The van der Waals surface area contributed by atoms with Crippen molar-refractivity contribution >= 4 is 39.5 Å². The fraction of sp³-hybridized carbons (Fsp3) is 0. The lowest BCUT2D eigenvalue weighted by molar-refractivity contribution is 0.0893. The number of nitrogens with zero attached hydrogens (tertiary/aromatic N) is 5. The van der Waals surface area contributed by atoms with Crippen molar-refractivity contribution in [3.63, 3.8) is 0 Å². The van der Waals surface area contributed by atoms with E-state index in [1.54, 1.807) is 48.5 Å². The van der Waals surface area contributed by atoms with Gasteiger partial charge in [-0.05, 0) is 35.5 Å². The van der Waals surface area contributed by atoms with E-state index in [9.17, 15) is 14.9 Å². The molecule has 1 aromatic heterocycles. The first-order chi connectivity index (χ1) is 15.2. The first kappa shape index (κ1) is 18.2. The number of carbonyl (C=O) groups is 2. The van der Waals surface area contributed by atoms with E-state index in [2.05, 4.69) is 25.9 Å². The van der Waals surface area contributed by atoms with Gasteiger partial charge in [-0.1, -0.05) is 30.3 Å². The summed E-state index contributed by atoms with van der Waals surface area (Å²) < 4.78 is 0. The van der Waals surface area contributed by atoms with Crippen LogP contribution in [-0.4, -0.2) is 32.4 Å². The predicted octanol–water partition coefficient (Wildman–Crippen LogP) is 3.13. The number of aromatic nitrogens is 4. The highest BCUT2D eigenvalue weighted by molar-refractivity contribution is 6.36. The average molecular weight is 407 g/mol. The van der Waals surface area contributed by atoms with E-state index in [1.165, 1.54) is 11.1 Å². The number of tetrazole rings is 1. The van der Waals surface area contributed by atoms with Crippen molar-refractivity contribution in [3.8, 4) is 6.07 Å². The third kappa shape index (κ3) is 2.90. The number of benzene rings is 3. The molecule has 0 aliphatic carbocycles. The second-order valence-corrected chi connectivity index (χ2v) is 6.72. The van der Waals surface area contributed by atoms with Crippen LogP contribution in [0.2, 0.25) is 0 Å². The number of para-hydroxylation sites is 1. The highest BCUT2D eigenvalue weighted by atomic mass is 16.2. The second kappa shape index (κ2) is 7.20. The maximum Gasteiger partial charge on any atom is 0.265 e. The number of imide groups is 1. The SMILES string of the molecule is N#CC(=CNc1ccc2c3c(cccc13)C(=O)N(c1ccccc1)C2=O)c1nn[nH]n1. The zero-order valence-corrected chi connectivity index (χ0v) is 15.9. The zero-order chi connectivity index (χ0) is 21.4. The fourth-order valence-electron chi connectivity index (χ4n) is 3.61. The van der Waals surface area contributed by atoms with Gasteiger partial charge in [-0.15, -0.1) is 10.2 Å². The lowest BCUT2D eigenvalue weighted by Gasteiger charge is -2.27. The smallest absolute Gasteiger partial charge is 0.265 e. The van der Waals surface area contributed by atoms with Crippen LogP contribution in [0.1, 0.15) is 26.5 Å². The molecule has 148 valence electrons. The number of H-pyrrole nitrogens is 1. The van der Waals surface area contributed by atoms with E-state index >= 15 is 0 Å². The summed E-state index contributed by atoms with van der Waals surface area (Å²) in [5.74, 6) is -0.611. The van der Waals surface area contributed by atoms with E-state index < -0.39 is 0 Å². The first-order valence-electron chi connectivity index (χ1n) is 9.29. The maximum atomic E-state index is 13.2. The minimum atomic E-state index is -0.383. The van der Waals surface area contributed by atoms with Crippen molar-refractivity contribution in [1.82, 2.24) is 20.6 Å². The molecule has 0 spiro atoms. The van der Waals surface area contributed by atoms with E-state index in [-0.39, 0.29) is 23.2 Å². The molecule has 0 radical (unpaired) electrons. The molecule has 0 atom stereocenters. The van der Waals surface area contributed by atoms with Crippen LogP contribution < -0.4 is 10.2 Å². The molecule has 0 fully saturated rings. The standard InChI is InChI=1S/C22H13N7O2/c23-11-13(20-25-27-28-26-20)12-24-18-10-9-17-19-15(18)7-4-8-16(19)21(30)29(22(17)31)14-5-2-1-3-6-14/h1-10,12,24H,(H,25,26,27,28). The summed E-state index contributed by atoms with van der Waals surface area (Å²) in [4.78, 5) is 27.6. The zero-order valence-electron chi connectivity index (χ0n) is 15.9. The Kier molecular flexibility index (Phi) is 4.23. The van der Waals surface area contributed by atoms with Gasteiger partial charge in [-0.2, -0.15) is 10.5 Å². The number of hydrogen-bond donors (Lipinski definition) is 2. The fourth-order valence-corrected chi connectivity index (χ4v) is 3.61. The van der Waals surface area contributed by atoms with Crippen molar-refractivity contribution in [2.75, 3.05) is 10.2 Å². The van der Waals surface area contributed by atoms with Gasteiger partial charge < -0.3 is 5.32 Å². The number of carbonyl (C=O) groups excluding carboxylic acids is 2. The van der Waals surface area contributed by atoms with Crippen LogP contribution >= 0.6 is 0 Å². The number of amides is 2. The largest absolute Gasteiger partial charge is 0.360 e. The summed E-state index contributed by atoms with van der Waals surface area (Å²) in [6.45, 7) is 0. The third-order valence-electron chi connectivity index (χ3n) is 5.00. The minimum Gasteiger partial charge on any atom is -0.360 e. The van der Waals surface area contributed by atoms with Gasteiger partial charge in [0.05, 0.1) is 5.69 Å². The van der Waals surface area contributed by atoms with Crippen LogP contribution in [0.4, 0.5) is 11.4 Å². The Bertz CT molecular complexity index is 1380. The summed E-state index contributed by atoms with van der Waals surface area (Å²) in [6.07, 6.45) is 1.46. The van der Waals surface area contributed by atoms with Crippen molar-refractivity contribution in [2.45, 2.75) is 0 Å². The molecule has 1 aliphatic rings. The number of anilines is 2. The number of aromatic amines is 1. The van der Waals surface area contributed by atoms with Crippen LogP contribution in [0, 0.1) is 11.3 Å². The molecule has 9 nitrogen and oxygen atoms in total. The van der Waals surface area contributed by atoms with Crippen molar-refractivity contribution in [3.05, 3.63) is 83.8 Å². The highest BCUT2D eigenvalue weighted by Gasteiger charge is 2.34. The molecule has 3 aromatic carbocycles. The van der Waals surface area contributed by atoms with Crippen LogP contribution in [0.3, 0.4) is 0 Å². The first-order valence-corrected chi connectivity index (χ1v) is 9.29. The maximum absolute atomic E-state index is 13.2. The molecule has 0 bridgehead atoms. The summed E-state index contributed by atoms with van der Waals surface area (Å²) in [6, 6.07) is 19.5. The van der Waals surface area contributed by atoms with Gasteiger partial charge in [0.2, 0.25) is 5.82 Å². The van der Waals surface area contributed by atoms with Crippen molar-refractivity contribution in [1.29, 1.82) is 5.26 Å². The Morgan fingerprint density at radius 2 is 1.77 bits per heavy atom. The van der Waals surface area contributed by atoms with Crippen LogP contribution in [0.15, 0.2) is 66.9 Å². The number of nitriles is 1. The van der Waals surface area contributed by atoms with E-state index in [0.717, 1.165) is 0 Å². The Labute approximate surface area is 175 Å². The molecular formula is C22H13N7O2. The summed E-state index contributed by atoms with van der Waals surface area (Å²) in [5.41, 5.74) is 2.19. The Morgan fingerprint density at radius 1 is 1.00 bits per heavy atom. The molecule has 1 aliphatic heterocycles. The second-order valence-electron chi connectivity index (χ2n) is 6.72. The molecule has 0 unspecified atom stereocenters. The predicted molar refractivity (Wildman–Crippen MR) is 113 cm³/mol. The third-order valence-corrected chi connectivity index (χ3v) is 5.00. The lowest BCUT2D eigenvalue weighted by atomic mass is 9.92. The van der Waals surface area contributed by atoms with Gasteiger partial charge >= 0.3 is 0 Å². The molecule has 2 N–H and O–H groups in total. The molecule has 9 heteroatoms. The highest BCUT2D eigenvalue weighted by Crippen LogP contribution is 2.36. The average Bonchev–Trinajstić information content (AvgIpc) is 3.34. The Balaban J connectivity index is 1.61. The van der Waals surface area contributed by atoms with Gasteiger partial charge in [-0.3, -0.25) is 9.59 Å². The number of rotatable bonds is 4. The monoisotopic (exact) mass is 407 g/mol. The normalized spacial score (nSPS) is 13.4. The summed E-state index contributed by atoms with van der Waals surface area (Å²) in [5, 5.41) is 27.0. The number of nitrogens with one attached hydrogen (secondary N) is 2. The van der Waals surface area contributed by atoms with E-state index in [0.29, 0.717) is 33.3 Å². The number of hydrogen-bond acceptors (Lipinski definition) is 7. The minimum absolute atomic E-state index is 0.154. The molecule has 2 heterocycles. The molecule has 4 aromatic rings. The molecule has 5 rings (SSSR count). The lowest BCUT2D eigenvalue weighted by Crippen LogP contribution is -2.40. The quantitative estimate of drug-likeness (QED) is 0.393. The summed E-state index contributed by atoms with van der Waals surface area (Å²) in [7, 11) is 0. The molecule has 0 saturated heterocycles. The van der Waals surface area contributed by atoms with Gasteiger partial charge in [0.1, 0.15) is 11.6 Å². The van der Waals surface area contributed by atoms with Crippen LogP contribution in [0.25, 0.3) is 16.3 Å². The number of allylic oxidation sites excluding steroid dienone is 1. The van der Waals surface area contributed by atoms with Gasteiger partial charge in [-0.25, -0.2) is 4.90 Å². The Morgan fingerprint density at radius 3 is 2.48 bits per heavy atom. The molecule has 0 saturated carbocycles. The Hall–Kier alpha value is -4.84. The van der Waals surface area contributed by atoms with Gasteiger partial charge in [0.15, 0.2) is 0 Å². The van der Waals surface area contributed by atoms with Gasteiger partial charge in [0.25, 0.3) is 11.8 Å². The molecule has 31 heavy (non-hydrogen) atoms. The van der Waals surface area contributed by atoms with Crippen molar-refractivity contribution < 1.29 is 9.59 Å². The van der Waals surface area contributed by atoms with E-state index in [4.69, 9.17) is 0 Å². The summed E-state index contributed by atoms with van der Waals surface area (Å²) >= 11 is 0. The van der Waals surface area contributed by atoms with Crippen LogP contribution in [0.5, 0.6) is 0 Å². The molecule has 2 amide bonds.